The first-order valence-corrected chi connectivity index (χ1v) is 5.08. The number of hydrogen-bond acceptors (Lipinski definition) is 2. The van der Waals surface area contributed by atoms with Crippen molar-refractivity contribution in [1.82, 2.24) is 0 Å². The molecular formula is C11H10ClF2NO2. The smallest absolute Gasteiger partial charge is 0.387 e. The average molecular weight is 262 g/mol. The van der Waals surface area contributed by atoms with E-state index in [2.05, 4.69) is 10.1 Å². The standard InChI is InChI=1S/C11H10ClF2NO2/c1-2-3-10(16)15-7-4-5-9(8(12)6-7)17-11(13)14/h2-6,11H,1H3,(H,15,16). The number of amides is 1. The lowest BCUT2D eigenvalue weighted by atomic mass is 10.3. The van der Waals surface area contributed by atoms with Crippen molar-refractivity contribution >= 4 is 23.2 Å². The summed E-state index contributed by atoms with van der Waals surface area (Å²) in [4.78, 5) is 11.2. The van der Waals surface area contributed by atoms with Crippen LogP contribution in [-0.4, -0.2) is 12.5 Å². The molecule has 0 atom stereocenters. The normalized spacial score (nSPS) is 10.9. The first-order chi connectivity index (χ1) is 8.02. The fraction of sp³-hybridized carbons (Fsp3) is 0.182. The number of allylic oxidation sites excluding steroid dienone is 1. The van der Waals surface area contributed by atoms with Crippen LogP contribution in [0.1, 0.15) is 6.92 Å². The number of carbonyl (C=O) groups is 1. The van der Waals surface area contributed by atoms with Crippen molar-refractivity contribution < 1.29 is 18.3 Å². The SMILES string of the molecule is CC=CC(=O)Nc1ccc(OC(F)F)c(Cl)c1. The van der Waals surface area contributed by atoms with Gasteiger partial charge in [-0.05, 0) is 31.2 Å². The Morgan fingerprint density at radius 2 is 2.24 bits per heavy atom. The molecule has 0 heterocycles. The third-order valence-corrected chi connectivity index (χ3v) is 2.03. The van der Waals surface area contributed by atoms with Crippen molar-refractivity contribution in [3.63, 3.8) is 0 Å². The van der Waals surface area contributed by atoms with Crippen molar-refractivity contribution in [1.29, 1.82) is 0 Å². The van der Waals surface area contributed by atoms with E-state index in [1.54, 1.807) is 13.0 Å². The molecule has 0 radical (unpaired) electrons. The third kappa shape index (κ3) is 4.40. The van der Waals surface area contributed by atoms with Crippen molar-refractivity contribution in [2.45, 2.75) is 13.5 Å². The van der Waals surface area contributed by atoms with Crippen molar-refractivity contribution in [2.75, 3.05) is 5.32 Å². The highest BCUT2D eigenvalue weighted by Gasteiger charge is 2.09. The molecule has 0 spiro atoms. The fourth-order valence-electron chi connectivity index (χ4n) is 1.11. The average Bonchev–Trinajstić information content (AvgIpc) is 2.22. The van der Waals surface area contributed by atoms with E-state index in [9.17, 15) is 13.6 Å². The highest BCUT2D eigenvalue weighted by molar-refractivity contribution is 6.32. The molecule has 0 saturated heterocycles. The fourth-order valence-corrected chi connectivity index (χ4v) is 1.33. The second-order valence-electron chi connectivity index (χ2n) is 3.01. The van der Waals surface area contributed by atoms with Gasteiger partial charge in [0.25, 0.3) is 0 Å². The topological polar surface area (TPSA) is 38.3 Å². The molecule has 17 heavy (non-hydrogen) atoms. The van der Waals surface area contributed by atoms with Crippen LogP contribution in [-0.2, 0) is 4.79 Å². The summed E-state index contributed by atoms with van der Waals surface area (Å²) in [6.07, 6.45) is 2.91. The number of anilines is 1. The number of rotatable bonds is 4. The zero-order chi connectivity index (χ0) is 12.8. The maximum Gasteiger partial charge on any atom is 0.387 e. The van der Waals surface area contributed by atoms with Gasteiger partial charge in [-0.2, -0.15) is 8.78 Å². The minimum absolute atomic E-state index is 0.00331. The summed E-state index contributed by atoms with van der Waals surface area (Å²) >= 11 is 5.71. The Bertz CT molecular complexity index is 435. The van der Waals surface area contributed by atoms with Gasteiger partial charge < -0.3 is 10.1 Å². The van der Waals surface area contributed by atoms with E-state index in [1.165, 1.54) is 24.3 Å². The summed E-state index contributed by atoms with van der Waals surface area (Å²) in [5.41, 5.74) is 0.403. The lowest BCUT2D eigenvalue weighted by molar-refractivity contribution is -0.111. The second kappa shape index (κ2) is 6.20. The summed E-state index contributed by atoms with van der Waals surface area (Å²) in [5, 5.41) is 2.51. The Kier molecular flexibility index (Phi) is 4.90. The Hall–Kier alpha value is -1.62. The summed E-state index contributed by atoms with van der Waals surface area (Å²) in [5.74, 6) is -0.461. The molecule has 0 bridgehead atoms. The van der Waals surface area contributed by atoms with Crippen LogP contribution >= 0.6 is 11.6 Å². The molecule has 1 N–H and O–H groups in total. The second-order valence-corrected chi connectivity index (χ2v) is 3.42. The Labute approximate surface area is 102 Å². The summed E-state index contributed by atoms with van der Waals surface area (Å²) in [7, 11) is 0. The molecule has 92 valence electrons. The van der Waals surface area contributed by atoms with E-state index in [0.29, 0.717) is 5.69 Å². The van der Waals surface area contributed by atoms with Gasteiger partial charge in [-0.1, -0.05) is 17.7 Å². The van der Waals surface area contributed by atoms with E-state index in [0.717, 1.165) is 0 Å². The predicted molar refractivity (Wildman–Crippen MR) is 61.5 cm³/mol. The molecule has 0 aliphatic heterocycles. The molecule has 0 saturated carbocycles. The molecule has 1 aromatic rings. The van der Waals surface area contributed by atoms with E-state index in [-0.39, 0.29) is 16.7 Å². The number of hydrogen-bond donors (Lipinski definition) is 1. The highest BCUT2D eigenvalue weighted by Crippen LogP contribution is 2.28. The highest BCUT2D eigenvalue weighted by atomic mass is 35.5. The Balaban J connectivity index is 2.78. The van der Waals surface area contributed by atoms with Gasteiger partial charge >= 0.3 is 6.61 Å². The van der Waals surface area contributed by atoms with Crippen molar-refractivity contribution in [2.24, 2.45) is 0 Å². The van der Waals surface area contributed by atoms with Crippen LogP contribution in [0.5, 0.6) is 5.75 Å². The molecule has 1 aromatic carbocycles. The Morgan fingerprint density at radius 3 is 2.76 bits per heavy atom. The van der Waals surface area contributed by atoms with Crippen LogP contribution in [0.3, 0.4) is 0 Å². The van der Waals surface area contributed by atoms with Crippen molar-refractivity contribution in [3.05, 3.63) is 35.4 Å². The molecular weight excluding hydrogens is 252 g/mol. The van der Waals surface area contributed by atoms with Crippen LogP contribution < -0.4 is 10.1 Å². The number of ether oxygens (including phenoxy) is 1. The molecule has 1 rings (SSSR count). The third-order valence-electron chi connectivity index (χ3n) is 1.73. The number of nitrogens with one attached hydrogen (secondary N) is 1. The van der Waals surface area contributed by atoms with Crippen LogP contribution in [0.15, 0.2) is 30.4 Å². The molecule has 3 nitrogen and oxygen atoms in total. The molecule has 0 aliphatic carbocycles. The molecule has 0 unspecified atom stereocenters. The number of halogens is 3. The predicted octanol–water partition coefficient (Wildman–Crippen LogP) is 3.46. The maximum absolute atomic E-state index is 12.0. The lowest BCUT2D eigenvalue weighted by Crippen LogP contribution is -2.08. The van der Waals surface area contributed by atoms with Gasteiger partial charge in [0.15, 0.2) is 0 Å². The molecule has 0 aliphatic rings. The molecule has 6 heteroatoms. The largest absolute Gasteiger partial charge is 0.433 e. The number of carbonyl (C=O) groups excluding carboxylic acids is 1. The van der Waals surface area contributed by atoms with Crippen molar-refractivity contribution in [3.8, 4) is 5.75 Å². The zero-order valence-corrected chi connectivity index (χ0v) is 9.67. The van der Waals surface area contributed by atoms with Gasteiger partial charge in [0.2, 0.25) is 5.91 Å². The maximum atomic E-state index is 12.0. The van der Waals surface area contributed by atoms with E-state index in [4.69, 9.17) is 11.6 Å². The minimum Gasteiger partial charge on any atom is -0.433 e. The first-order valence-electron chi connectivity index (χ1n) is 4.71. The molecule has 0 fully saturated rings. The summed E-state index contributed by atoms with van der Waals surface area (Å²) in [6.45, 7) is -1.23. The first kappa shape index (κ1) is 13.4. The van der Waals surface area contributed by atoms with Crippen LogP contribution in [0.25, 0.3) is 0 Å². The summed E-state index contributed by atoms with van der Waals surface area (Å²) in [6, 6.07) is 4.02. The number of benzene rings is 1. The van der Waals surface area contributed by atoms with E-state index in [1.807, 2.05) is 0 Å². The molecule has 0 aromatic heterocycles. The van der Waals surface area contributed by atoms with Crippen LogP contribution in [0.2, 0.25) is 5.02 Å². The van der Waals surface area contributed by atoms with Gasteiger partial charge in [-0.25, -0.2) is 0 Å². The monoisotopic (exact) mass is 261 g/mol. The Morgan fingerprint density at radius 1 is 1.53 bits per heavy atom. The van der Waals surface area contributed by atoms with Gasteiger partial charge in [0.1, 0.15) is 5.75 Å². The van der Waals surface area contributed by atoms with Gasteiger partial charge in [-0.3, -0.25) is 4.79 Å². The van der Waals surface area contributed by atoms with Crippen LogP contribution in [0, 0.1) is 0 Å². The van der Waals surface area contributed by atoms with Gasteiger partial charge in [0.05, 0.1) is 5.02 Å². The van der Waals surface area contributed by atoms with E-state index >= 15 is 0 Å². The lowest BCUT2D eigenvalue weighted by Gasteiger charge is -2.08. The number of alkyl halides is 2. The van der Waals surface area contributed by atoms with Gasteiger partial charge in [0, 0.05) is 5.69 Å². The molecule has 1 amide bonds. The van der Waals surface area contributed by atoms with E-state index < -0.39 is 6.61 Å². The van der Waals surface area contributed by atoms with Gasteiger partial charge in [-0.15, -0.1) is 0 Å². The quantitative estimate of drug-likeness (QED) is 0.843. The zero-order valence-electron chi connectivity index (χ0n) is 8.91. The summed E-state index contributed by atoms with van der Waals surface area (Å²) < 4.78 is 28.1. The minimum atomic E-state index is -2.93. The van der Waals surface area contributed by atoms with Crippen LogP contribution in [0.4, 0.5) is 14.5 Å².